The van der Waals surface area contributed by atoms with Crippen LogP contribution in [0.1, 0.15) is 43.0 Å². The molecule has 3 rings (SSSR count). The second-order valence-electron chi connectivity index (χ2n) is 7.94. The number of carbonyl (C=O) groups is 1. The highest BCUT2D eigenvalue weighted by molar-refractivity contribution is 7.90. The van der Waals surface area contributed by atoms with Crippen molar-refractivity contribution in [2.75, 3.05) is 6.61 Å². The molecule has 1 aliphatic rings. The van der Waals surface area contributed by atoms with E-state index in [1.165, 1.54) is 18.2 Å². The number of ether oxygens (including phenoxy) is 1. The van der Waals surface area contributed by atoms with Gasteiger partial charge in [0.1, 0.15) is 0 Å². The van der Waals surface area contributed by atoms with Crippen LogP contribution >= 0.6 is 0 Å². The van der Waals surface area contributed by atoms with Crippen molar-refractivity contribution in [3.8, 4) is 5.75 Å². The Bertz CT molecular complexity index is 1060. The number of hydrogen-bond acceptors (Lipinski definition) is 7. The molecule has 0 radical (unpaired) electrons. The third-order valence-corrected chi connectivity index (χ3v) is 6.69. The van der Waals surface area contributed by atoms with Gasteiger partial charge in [-0.05, 0) is 62.8 Å². The Morgan fingerprint density at radius 3 is 2.48 bits per heavy atom. The molecule has 9 nitrogen and oxygen atoms in total. The van der Waals surface area contributed by atoms with Gasteiger partial charge in [-0.3, -0.25) is 14.9 Å². The Labute approximate surface area is 180 Å². The maximum Gasteiger partial charge on any atom is 0.312 e. The molecule has 0 heterocycles. The fraction of sp³-hybridized carbons (Fsp3) is 0.381. The average molecular weight is 448 g/mol. The zero-order chi connectivity index (χ0) is 22.6. The largest absolute Gasteiger partial charge is 0.487 e. The van der Waals surface area contributed by atoms with Gasteiger partial charge in [0.25, 0.3) is 15.9 Å². The number of sulfonamides is 1. The lowest BCUT2D eigenvalue weighted by Crippen LogP contribution is -2.32. The fourth-order valence-electron chi connectivity index (χ4n) is 3.43. The summed E-state index contributed by atoms with van der Waals surface area (Å²) in [6, 6.07) is 11.0. The first-order valence-corrected chi connectivity index (χ1v) is 11.3. The molecule has 1 aliphatic carbocycles. The molecule has 2 aromatic rings. The lowest BCUT2D eigenvalue weighted by molar-refractivity contribution is -0.386. The summed E-state index contributed by atoms with van der Waals surface area (Å²) in [5.41, 5.74) is -1.05. The summed E-state index contributed by atoms with van der Waals surface area (Å²) in [6.45, 7) is 2.01. The molecule has 0 spiro atoms. The van der Waals surface area contributed by atoms with Gasteiger partial charge in [0, 0.05) is 11.6 Å². The van der Waals surface area contributed by atoms with Gasteiger partial charge in [-0.1, -0.05) is 18.2 Å². The van der Waals surface area contributed by atoms with E-state index in [4.69, 9.17) is 4.74 Å². The molecule has 0 aromatic heterocycles. The second kappa shape index (κ2) is 9.03. The number of nitrogens with zero attached hydrogens (tertiary/aromatic N) is 1. The molecule has 0 atom stereocenters. The number of aliphatic hydroxyl groups is 1. The van der Waals surface area contributed by atoms with Crippen molar-refractivity contribution in [1.29, 1.82) is 0 Å². The van der Waals surface area contributed by atoms with Gasteiger partial charge in [0.2, 0.25) is 0 Å². The summed E-state index contributed by atoms with van der Waals surface area (Å²) in [4.78, 5) is 22.5. The monoisotopic (exact) mass is 448 g/mol. The van der Waals surface area contributed by atoms with E-state index >= 15 is 0 Å². The molecular formula is C21H24N2O7S. The van der Waals surface area contributed by atoms with E-state index < -0.39 is 37.0 Å². The van der Waals surface area contributed by atoms with Crippen LogP contribution in [0.3, 0.4) is 0 Å². The zero-order valence-electron chi connectivity index (χ0n) is 17.0. The molecule has 0 aliphatic heterocycles. The van der Waals surface area contributed by atoms with E-state index in [0.29, 0.717) is 12.8 Å². The lowest BCUT2D eigenvalue weighted by atomic mass is 9.80. The number of benzene rings is 2. The molecule has 1 amide bonds. The van der Waals surface area contributed by atoms with Gasteiger partial charge in [-0.25, -0.2) is 13.1 Å². The van der Waals surface area contributed by atoms with Gasteiger partial charge < -0.3 is 9.84 Å². The quantitative estimate of drug-likeness (QED) is 0.491. The molecule has 2 N–H and O–H groups in total. The summed E-state index contributed by atoms with van der Waals surface area (Å²) in [6.07, 6.45) is 2.72. The average Bonchev–Trinajstić information content (AvgIpc) is 2.73. The minimum absolute atomic E-state index is 0.0457. The molecule has 1 saturated carbocycles. The Morgan fingerprint density at radius 1 is 1.23 bits per heavy atom. The van der Waals surface area contributed by atoms with E-state index in [1.807, 2.05) is 4.72 Å². The summed E-state index contributed by atoms with van der Waals surface area (Å²) < 4.78 is 32.6. The number of amides is 1. The Hall–Kier alpha value is -2.98. The lowest BCUT2D eigenvalue weighted by Gasteiger charge is -2.32. The first-order valence-electron chi connectivity index (χ1n) is 9.83. The van der Waals surface area contributed by atoms with Crippen molar-refractivity contribution >= 4 is 21.6 Å². The van der Waals surface area contributed by atoms with Crippen molar-refractivity contribution in [2.45, 2.75) is 43.1 Å². The normalized spacial score (nSPS) is 21.3. The van der Waals surface area contributed by atoms with Crippen LogP contribution in [-0.2, 0) is 10.0 Å². The second-order valence-corrected chi connectivity index (χ2v) is 9.62. The van der Waals surface area contributed by atoms with Crippen LogP contribution in [0.2, 0.25) is 0 Å². The standard InChI is InChI=1S/C21H24N2O7S/c1-21(25)11-9-15(10-12-21)14-30-19-8-7-17(13-18(19)23(26)27)31(28,29)22-20(24)16-5-3-2-4-6-16/h2-8,13,15,25H,9-12,14H2,1H3,(H,22,24). The highest BCUT2D eigenvalue weighted by Gasteiger charge is 2.30. The van der Waals surface area contributed by atoms with Crippen LogP contribution in [0, 0.1) is 16.0 Å². The topological polar surface area (TPSA) is 136 Å². The van der Waals surface area contributed by atoms with Gasteiger partial charge in [0.05, 0.1) is 22.0 Å². The minimum Gasteiger partial charge on any atom is -0.487 e. The van der Waals surface area contributed by atoms with E-state index in [9.17, 15) is 28.4 Å². The fourth-order valence-corrected chi connectivity index (χ4v) is 4.43. The van der Waals surface area contributed by atoms with Crippen LogP contribution in [0.5, 0.6) is 5.75 Å². The molecular weight excluding hydrogens is 424 g/mol. The molecule has 0 bridgehead atoms. The number of nitrogens with one attached hydrogen (secondary N) is 1. The van der Waals surface area contributed by atoms with Gasteiger partial charge in [-0.15, -0.1) is 0 Å². The highest BCUT2D eigenvalue weighted by Crippen LogP contribution is 2.34. The van der Waals surface area contributed by atoms with Crippen molar-refractivity contribution < 1.29 is 28.0 Å². The Balaban J connectivity index is 1.73. The smallest absolute Gasteiger partial charge is 0.312 e. The first-order chi connectivity index (χ1) is 14.6. The van der Waals surface area contributed by atoms with Crippen LogP contribution in [0.4, 0.5) is 5.69 Å². The van der Waals surface area contributed by atoms with Gasteiger partial charge in [-0.2, -0.15) is 0 Å². The minimum atomic E-state index is -4.32. The number of rotatable bonds is 7. The van der Waals surface area contributed by atoms with E-state index in [-0.39, 0.29) is 23.8 Å². The van der Waals surface area contributed by atoms with Gasteiger partial charge in [0.15, 0.2) is 5.75 Å². The summed E-state index contributed by atoms with van der Waals surface area (Å²) in [7, 11) is -4.32. The third kappa shape index (κ3) is 5.80. The van der Waals surface area contributed by atoms with E-state index in [1.54, 1.807) is 25.1 Å². The van der Waals surface area contributed by atoms with Crippen LogP contribution in [-0.4, -0.2) is 36.6 Å². The SMILES string of the molecule is CC1(O)CCC(COc2ccc(S(=O)(=O)NC(=O)c3ccccc3)cc2[N+](=O)[O-])CC1. The maximum atomic E-state index is 12.5. The summed E-state index contributed by atoms with van der Waals surface area (Å²) in [5.74, 6) is -0.735. The molecule has 2 aromatic carbocycles. The predicted molar refractivity (Wildman–Crippen MR) is 112 cm³/mol. The Morgan fingerprint density at radius 2 is 1.87 bits per heavy atom. The molecule has 31 heavy (non-hydrogen) atoms. The Kier molecular flexibility index (Phi) is 6.61. The predicted octanol–water partition coefficient (Wildman–Crippen LogP) is 3.03. The van der Waals surface area contributed by atoms with Crippen LogP contribution in [0.15, 0.2) is 53.4 Å². The summed E-state index contributed by atoms with van der Waals surface area (Å²) in [5, 5.41) is 21.5. The van der Waals surface area contributed by atoms with Crippen molar-refractivity contribution in [3.05, 3.63) is 64.2 Å². The van der Waals surface area contributed by atoms with Crippen LogP contribution in [0.25, 0.3) is 0 Å². The van der Waals surface area contributed by atoms with Crippen molar-refractivity contribution in [1.82, 2.24) is 4.72 Å². The highest BCUT2D eigenvalue weighted by atomic mass is 32.2. The number of hydrogen-bond donors (Lipinski definition) is 2. The maximum absolute atomic E-state index is 12.5. The number of nitro benzene ring substituents is 1. The van der Waals surface area contributed by atoms with Crippen LogP contribution < -0.4 is 9.46 Å². The van der Waals surface area contributed by atoms with Crippen molar-refractivity contribution in [3.63, 3.8) is 0 Å². The molecule has 166 valence electrons. The molecule has 0 saturated heterocycles. The first kappa shape index (κ1) is 22.7. The van der Waals surface area contributed by atoms with Crippen molar-refractivity contribution in [2.24, 2.45) is 5.92 Å². The zero-order valence-corrected chi connectivity index (χ0v) is 17.8. The molecule has 1 fully saturated rings. The molecule has 0 unspecified atom stereocenters. The number of carbonyl (C=O) groups excluding carboxylic acids is 1. The van der Waals surface area contributed by atoms with E-state index in [2.05, 4.69) is 0 Å². The number of nitro groups is 1. The third-order valence-electron chi connectivity index (χ3n) is 5.36. The molecule has 10 heteroatoms. The van der Waals surface area contributed by atoms with Gasteiger partial charge >= 0.3 is 5.69 Å². The van der Waals surface area contributed by atoms with E-state index in [0.717, 1.165) is 25.0 Å². The summed E-state index contributed by atoms with van der Waals surface area (Å²) >= 11 is 0.